The minimum absolute atomic E-state index is 1.07. The third-order valence-electron chi connectivity index (χ3n) is 0.810. The Balaban J connectivity index is 3.26. The average molecular weight is 132 g/mol. The van der Waals surface area contributed by atoms with Crippen LogP contribution in [0.25, 0.3) is 0 Å². The van der Waals surface area contributed by atoms with Gasteiger partial charge in [-0.2, -0.15) is 0 Å². The van der Waals surface area contributed by atoms with Gasteiger partial charge in [0.15, 0.2) is 0 Å². The minimum Gasteiger partial charge on any atom is -0.329 e. The van der Waals surface area contributed by atoms with E-state index in [-0.39, 0.29) is 0 Å². The number of allylic oxidation sites excluding steroid dienone is 1. The zero-order valence-electron chi connectivity index (χ0n) is 5.36. The molecular weight excluding hydrogens is 119 g/mol. The molecule has 0 amide bonds. The SMILES string of the molecule is CC/C(P)=C\NNC. The fourth-order valence-corrected chi connectivity index (χ4v) is 0.350. The maximum atomic E-state index is 2.87. The highest BCUT2D eigenvalue weighted by Gasteiger charge is 1.78. The molecule has 0 saturated heterocycles. The van der Waals surface area contributed by atoms with Gasteiger partial charge in [-0.05, 0) is 11.7 Å². The van der Waals surface area contributed by atoms with E-state index in [9.17, 15) is 0 Å². The summed E-state index contributed by atoms with van der Waals surface area (Å²) in [5, 5.41) is 1.26. The van der Waals surface area contributed by atoms with Crippen LogP contribution in [0.1, 0.15) is 13.3 Å². The normalized spacial score (nSPS) is 11.6. The number of nitrogens with one attached hydrogen (secondary N) is 2. The van der Waals surface area contributed by atoms with Crippen molar-refractivity contribution < 1.29 is 0 Å². The molecule has 0 aliphatic heterocycles. The van der Waals surface area contributed by atoms with Gasteiger partial charge in [-0.25, -0.2) is 5.43 Å². The summed E-state index contributed by atoms with van der Waals surface area (Å²) < 4.78 is 0. The van der Waals surface area contributed by atoms with Crippen molar-refractivity contribution in [3.63, 3.8) is 0 Å². The van der Waals surface area contributed by atoms with Crippen molar-refractivity contribution in [3.05, 3.63) is 11.5 Å². The molecule has 1 unspecified atom stereocenters. The van der Waals surface area contributed by atoms with E-state index in [0.717, 1.165) is 6.42 Å². The first-order valence-electron chi connectivity index (χ1n) is 2.68. The number of hydrogen-bond donors (Lipinski definition) is 2. The lowest BCUT2D eigenvalue weighted by Gasteiger charge is -1.96. The third kappa shape index (κ3) is 4.10. The van der Waals surface area contributed by atoms with Crippen molar-refractivity contribution in [2.45, 2.75) is 13.3 Å². The summed E-state index contributed by atoms with van der Waals surface area (Å²) in [6.07, 6.45) is 2.99. The average Bonchev–Trinajstić information content (AvgIpc) is 1.83. The highest BCUT2D eigenvalue weighted by Crippen LogP contribution is 2.06. The van der Waals surface area contributed by atoms with Gasteiger partial charge in [0.25, 0.3) is 0 Å². The van der Waals surface area contributed by atoms with Gasteiger partial charge in [-0.1, -0.05) is 6.92 Å². The van der Waals surface area contributed by atoms with Gasteiger partial charge in [-0.15, -0.1) is 9.24 Å². The van der Waals surface area contributed by atoms with Crippen LogP contribution in [-0.4, -0.2) is 7.05 Å². The summed E-state index contributed by atoms with van der Waals surface area (Å²) in [5.41, 5.74) is 5.66. The molecule has 3 heteroatoms. The lowest BCUT2D eigenvalue weighted by atomic mass is 10.5. The molecular formula is C5H13N2P. The molecule has 0 aromatic heterocycles. The van der Waals surface area contributed by atoms with Crippen LogP contribution >= 0.6 is 9.24 Å². The maximum absolute atomic E-state index is 2.87. The molecule has 0 saturated carbocycles. The highest BCUT2D eigenvalue weighted by atomic mass is 31.0. The van der Waals surface area contributed by atoms with E-state index in [1.807, 2.05) is 13.2 Å². The Bertz CT molecular complexity index is 80.5. The Morgan fingerprint density at radius 2 is 2.38 bits per heavy atom. The van der Waals surface area contributed by atoms with Crippen LogP contribution in [0.2, 0.25) is 0 Å². The molecule has 0 aliphatic carbocycles. The van der Waals surface area contributed by atoms with Crippen molar-refractivity contribution >= 4 is 9.24 Å². The van der Waals surface area contributed by atoms with Crippen LogP contribution in [0.4, 0.5) is 0 Å². The van der Waals surface area contributed by atoms with E-state index in [1.165, 1.54) is 5.31 Å². The molecule has 2 N–H and O–H groups in total. The third-order valence-corrected chi connectivity index (χ3v) is 1.39. The van der Waals surface area contributed by atoms with E-state index in [4.69, 9.17) is 0 Å². The van der Waals surface area contributed by atoms with Crippen molar-refractivity contribution in [3.8, 4) is 0 Å². The fraction of sp³-hybridized carbons (Fsp3) is 0.600. The summed E-state index contributed by atoms with van der Waals surface area (Å²) in [6.45, 7) is 2.11. The second-order valence-electron chi connectivity index (χ2n) is 1.47. The van der Waals surface area contributed by atoms with Crippen molar-refractivity contribution in [1.82, 2.24) is 10.9 Å². The van der Waals surface area contributed by atoms with Gasteiger partial charge in [0, 0.05) is 13.2 Å². The Morgan fingerprint density at radius 3 is 2.75 bits per heavy atom. The number of hydrogen-bond acceptors (Lipinski definition) is 2. The topological polar surface area (TPSA) is 24.1 Å². The molecule has 2 nitrogen and oxygen atoms in total. The molecule has 0 spiro atoms. The van der Waals surface area contributed by atoms with Crippen LogP contribution in [0.15, 0.2) is 11.5 Å². The summed E-state index contributed by atoms with van der Waals surface area (Å²) in [7, 11) is 4.48. The largest absolute Gasteiger partial charge is 0.329 e. The van der Waals surface area contributed by atoms with Crippen molar-refractivity contribution in [1.29, 1.82) is 0 Å². The van der Waals surface area contributed by atoms with Crippen LogP contribution in [0, 0.1) is 0 Å². The monoisotopic (exact) mass is 132 g/mol. The molecule has 0 fully saturated rings. The van der Waals surface area contributed by atoms with Gasteiger partial charge in [0.2, 0.25) is 0 Å². The van der Waals surface area contributed by atoms with E-state index in [1.54, 1.807) is 0 Å². The van der Waals surface area contributed by atoms with Crippen molar-refractivity contribution in [2.24, 2.45) is 0 Å². The molecule has 0 heterocycles. The number of hydrazine groups is 1. The molecule has 0 bridgehead atoms. The van der Waals surface area contributed by atoms with Crippen molar-refractivity contribution in [2.75, 3.05) is 7.05 Å². The van der Waals surface area contributed by atoms with Gasteiger partial charge >= 0.3 is 0 Å². The van der Waals surface area contributed by atoms with Crippen LogP contribution in [0.3, 0.4) is 0 Å². The number of rotatable bonds is 3. The summed E-state index contributed by atoms with van der Waals surface area (Å²) in [4.78, 5) is 0. The van der Waals surface area contributed by atoms with Gasteiger partial charge in [0.05, 0.1) is 0 Å². The Kier molecular flexibility index (Phi) is 5.03. The van der Waals surface area contributed by atoms with Crippen LogP contribution < -0.4 is 10.9 Å². The molecule has 8 heavy (non-hydrogen) atoms. The minimum atomic E-state index is 1.07. The lowest BCUT2D eigenvalue weighted by molar-refractivity contribution is 0.727. The second-order valence-corrected chi connectivity index (χ2v) is 2.21. The van der Waals surface area contributed by atoms with Gasteiger partial charge < -0.3 is 5.43 Å². The molecule has 0 radical (unpaired) electrons. The first kappa shape index (κ1) is 7.93. The van der Waals surface area contributed by atoms with Gasteiger partial charge in [-0.3, -0.25) is 0 Å². The highest BCUT2D eigenvalue weighted by molar-refractivity contribution is 7.22. The molecule has 0 aromatic carbocycles. The Labute approximate surface area is 52.9 Å². The van der Waals surface area contributed by atoms with E-state index in [2.05, 4.69) is 27.0 Å². The summed E-state index contributed by atoms with van der Waals surface area (Å²) in [6, 6.07) is 0. The van der Waals surface area contributed by atoms with E-state index >= 15 is 0 Å². The van der Waals surface area contributed by atoms with Crippen LogP contribution in [0.5, 0.6) is 0 Å². The molecule has 1 atom stereocenters. The Morgan fingerprint density at radius 1 is 1.75 bits per heavy atom. The summed E-state index contributed by atoms with van der Waals surface area (Å²) in [5.74, 6) is 0. The van der Waals surface area contributed by atoms with E-state index in [0.29, 0.717) is 0 Å². The first-order chi connectivity index (χ1) is 3.81. The zero-order chi connectivity index (χ0) is 6.41. The quantitative estimate of drug-likeness (QED) is 0.439. The van der Waals surface area contributed by atoms with Gasteiger partial charge in [0.1, 0.15) is 0 Å². The molecule has 0 aromatic rings. The first-order valence-corrected chi connectivity index (χ1v) is 3.25. The predicted molar refractivity (Wildman–Crippen MR) is 40.3 cm³/mol. The van der Waals surface area contributed by atoms with Crippen LogP contribution in [-0.2, 0) is 0 Å². The molecule has 0 aliphatic rings. The molecule has 48 valence electrons. The smallest absolute Gasteiger partial charge is 0.0156 e. The zero-order valence-corrected chi connectivity index (χ0v) is 6.52. The second kappa shape index (κ2) is 5.07. The standard InChI is InChI=1S/C5H13N2P/c1-3-5(8)4-7-6-2/h4,6-7H,3,8H2,1-2H3/b5-4+. The predicted octanol–water partition coefficient (Wildman–Crippen LogP) is 0.837. The fourth-order valence-electron chi connectivity index (χ4n) is 0.267. The molecule has 0 rings (SSSR count). The summed E-state index contributed by atoms with van der Waals surface area (Å²) >= 11 is 0. The lowest BCUT2D eigenvalue weighted by Crippen LogP contribution is -2.20. The Hall–Kier alpha value is -0.0700. The van der Waals surface area contributed by atoms with E-state index < -0.39 is 0 Å². The maximum Gasteiger partial charge on any atom is 0.0156 e.